The van der Waals surface area contributed by atoms with E-state index in [9.17, 15) is 4.39 Å². The fourth-order valence-electron chi connectivity index (χ4n) is 3.45. The monoisotopic (exact) mass is 367 g/mol. The minimum atomic E-state index is -0.195. The number of hydrogen-bond donors (Lipinski definition) is 1. The molecule has 0 unspecified atom stereocenters. The van der Waals surface area contributed by atoms with Crippen LogP contribution in [-0.2, 0) is 6.54 Å². The van der Waals surface area contributed by atoms with E-state index in [4.69, 9.17) is 0 Å². The molecule has 1 saturated heterocycles. The molecule has 3 nitrogen and oxygen atoms in total. The first-order valence-corrected chi connectivity index (χ1v) is 9.88. The van der Waals surface area contributed by atoms with Crippen molar-refractivity contribution in [2.24, 2.45) is 0 Å². The van der Waals surface area contributed by atoms with E-state index in [2.05, 4.69) is 39.5 Å². The second-order valence-corrected chi connectivity index (χ2v) is 7.60. The normalized spacial score (nSPS) is 15.3. The van der Waals surface area contributed by atoms with Crippen molar-refractivity contribution < 1.29 is 4.39 Å². The molecule has 1 aliphatic heterocycles. The number of benzene rings is 2. The van der Waals surface area contributed by atoms with E-state index in [1.807, 2.05) is 17.6 Å². The lowest BCUT2D eigenvalue weighted by atomic mass is 10.0. The van der Waals surface area contributed by atoms with Crippen molar-refractivity contribution in [1.82, 2.24) is 10.3 Å². The largest absolute Gasteiger partial charge is 0.371 e. The van der Waals surface area contributed by atoms with Crippen LogP contribution in [0.5, 0.6) is 0 Å². The highest BCUT2D eigenvalue weighted by atomic mass is 32.1. The molecule has 0 saturated carbocycles. The standard InChI is InChI=1S/C21H22FN3S/c22-18-3-1-2-17(14-18)16-4-6-20(7-5-16)25-11-8-19(9-12-25)24-15-21-23-10-13-26-21/h1-7,10,13-14,19,24H,8-9,11-12,15H2. The number of thiazole rings is 1. The summed E-state index contributed by atoms with van der Waals surface area (Å²) in [6, 6.07) is 15.8. The molecule has 0 atom stereocenters. The maximum atomic E-state index is 13.4. The molecule has 1 aromatic heterocycles. The summed E-state index contributed by atoms with van der Waals surface area (Å²) in [5.74, 6) is -0.195. The van der Waals surface area contributed by atoms with Crippen LogP contribution in [0, 0.1) is 5.82 Å². The molecule has 5 heteroatoms. The SMILES string of the molecule is Fc1cccc(-c2ccc(N3CCC(NCc4nccs4)CC3)cc2)c1. The predicted molar refractivity (Wildman–Crippen MR) is 106 cm³/mol. The van der Waals surface area contributed by atoms with Gasteiger partial charge in [0.1, 0.15) is 10.8 Å². The molecule has 0 amide bonds. The van der Waals surface area contributed by atoms with Crippen molar-refractivity contribution >= 4 is 17.0 Å². The average Bonchev–Trinajstić information content (AvgIpc) is 3.21. The Kier molecular flexibility index (Phi) is 5.27. The van der Waals surface area contributed by atoms with E-state index in [0.717, 1.165) is 48.6 Å². The van der Waals surface area contributed by atoms with E-state index in [1.54, 1.807) is 23.5 Å². The second kappa shape index (κ2) is 7.98. The zero-order chi connectivity index (χ0) is 17.8. The number of halogens is 1. The highest BCUT2D eigenvalue weighted by molar-refractivity contribution is 7.09. The highest BCUT2D eigenvalue weighted by Gasteiger charge is 2.19. The lowest BCUT2D eigenvalue weighted by Gasteiger charge is -2.34. The Hall–Kier alpha value is -2.24. The van der Waals surface area contributed by atoms with Crippen LogP contribution in [0.2, 0.25) is 0 Å². The van der Waals surface area contributed by atoms with E-state index in [-0.39, 0.29) is 5.82 Å². The van der Waals surface area contributed by atoms with Gasteiger partial charge in [-0.2, -0.15) is 0 Å². The molecule has 26 heavy (non-hydrogen) atoms. The van der Waals surface area contributed by atoms with E-state index in [0.29, 0.717) is 6.04 Å². The van der Waals surface area contributed by atoms with Gasteiger partial charge >= 0.3 is 0 Å². The van der Waals surface area contributed by atoms with Gasteiger partial charge in [0.15, 0.2) is 0 Å². The number of piperidine rings is 1. The molecule has 1 fully saturated rings. The van der Waals surface area contributed by atoms with Crippen LogP contribution in [0.3, 0.4) is 0 Å². The summed E-state index contributed by atoms with van der Waals surface area (Å²) < 4.78 is 13.4. The molecule has 0 aliphatic carbocycles. The molecule has 1 aliphatic rings. The molecular weight excluding hydrogens is 345 g/mol. The number of anilines is 1. The molecule has 3 aromatic rings. The van der Waals surface area contributed by atoms with Gasteiger partial charge in [-0.25, -0.2) is 9.37 Å². The van der Waals surface area contributed by atoms with Crippen molar-refractivity contribution in [2.45, 2.75) is 25.4 Å². The zero-order valence-corrected chi connectivity index (χ0v) is 15.4. The summed E-state index contributed by atoms with van der Waals surface area (Å²) in [5.41, 5.74) is 3.21. The lowest BCUT2D eigenvalue weighted by Crippen LogP contribution is -2.42. The first-order chi connectivity index (χ1) is 12.8. The van der Waals surface area contributed by atoms with Crippen molar-refractivity contribution in [2.75, 3.05) is 18.0 Å². The average molecular weight is 367 g/mol. The van der Waals surface area contributed by atoms with E-state index in [1.165, 1.54) is 11.8 Å². The van der Waals surface area contributed by atoms with Gasteiger partial charge in [-0.3, -0.25) is 0 Å². The second-order valence-electron chi connectivity index (χ2n) is 6.63. The quantitative estimate of drug-likeness (QED) is 0.708. The third kappa shape index (κ3) is 4.11. The van der Waals surface area contributed by atoms with Crippen LogP contribution in [0.25, 0.3) is 11.1 Å². The van der Waals surface area contributed by atoms with Crippen LogP contribution >= 0.6 is 11.3 Å². The number of aromatic nitrogens is 1. The van der Waals surface area contributed by atoms with Crippen molar-refractivity contribution in [3.8, 4) is 11.1 Å². The Morgan fingerprint density at radius 2 is 1.88 bits per heavy atom. The molecule has 4 rings (SSSR count). The van der Waals surface area contributed by atoms with Crippen LogP contribution in [0.4, 0.5) is 10.1 Å². The molecule has 2 aromatic carbocycles. The molecule has 2 heterocycles. The maximum absolute atomic E-state index is 13.4. The van der Waals surface area contributed by atoms with Crippen LogP contribution < -0.4 is 10.2 Å². The summed E-state index contributed by atoms with van der Waals surface area (Å²) in [6.07, 6.45) is 4.13. The van der Waals surface area contributed by atoms with Gasteiger partial charge in [-0.1, -0.05) is 24.3 Å². The van der Waals surface area contributed by atoms with Gasteiger partial charge in [-0.15, -0.1) is 11.3 Å². The number of nitrogens with zero attached hydrogens (tertiary/aromatic N) is 2. The zero-order valence-electron chi connectivity index (χ0n) is 14.6. The van der Waals surface area contributed by atoms with Crippen LogP contribution in [-0.4, -0.2) is 24.1 Å². The fraction of sp³-hybridized carbons (Fsp3) is 0.286. The Balaban J connectivity index is 1.33. The molecule has 0 radical (unpaired) electrons. The lowest BCUT2D eigenvalue weighted by molar-refractivity contribution is 0.414. The van der Waals surface area contributed by atoms with Crippen LogP contribution in [0.1, 0.15) is 17.8 Å². The topological polar surface area (TPSA) is 28.2 Å². The molecule has 0 spiro atoms. The summed E-state index contributed by atoms with van der Waals surface area (Å²) in [6.45, 7) is 2.97. The van der Waals surface area contributed by atoms with Gasteiger partial charge in [0, 0.05) is 42.9 Å². The van der Waals surface area contributed by atoms with Gasteiger partial charge in [-0.05, 0) is 48.2 Å². The highest BCUT2D eigenvalue weighted by Crippen LogP contribution is 2.25. The van der Waals surface area contributed by atoms with Crippen molar-refractivity contribution in [3.05, 3.63) is 70.9 Å². The third-order valence-electron chi connectivity index (χ3n) is 4.91. The van der Waals surface area contributed by atoms with Crippen molar-refractivity contribution in [3.63, 3.8) is 0 Å². The van der Waals surface area contributed by atoms with Gasteiger partial charge in [0.2, 0.25) is 0 Å². The Bertz CT molecular complexity index is 825. The molecule has 1 N–H and O–H groups in total. The van der Waals surface area contributed by atoms with Gasteiger partial charge < -0.3 is 10.2 Å². The summed E-state index contributed by atoms with van der Waals surface area (Å²) in [4.78, 5) is 6.75. The number of rotatable bonds is 5. The van der Waals surface area contributed by atoms with Gasteiger partial charge in [0.05, 0.1) is 0 Å². The Morgan fingerprint density at radius 3 is 2.58 bits per heavy atom. The Morgan fingerprint density at radius 1 is 1.08 bits per heavy atom. The molecule has 134 valence electrons. The van der Waals surface area contributed by atoms with Crippen LogP contribution in [0.15, 0.2) is 60.1 Å². The third-order valence-corrected chi connectivity index (χ3v) is 5.69. The first-order valence-electron chi connectivity index (χ1n) is 9.01. The summed E-state index contributed by atoms with van der Waals surface area (Å²) in [7, 11) is 0. The summed E-state index contributed by atoms with van der Waals surface area (Å²) >= 11 is 1.70. The van der Waals surface area contributed by atoms with Gasteiger partial charge in [0.25, 0.3) is 0 Å². The molecular formula is C21H22FN3S. The predicted octanol–water partition coefficient (Wildman–Crippen LogP) is 4.71. The smallest absolute Gasteiger partial charge is 0.123 e. The fourth-order valence-corrected chi connectivity index (χ4v) is 4.01. The molecule has 0 bridgehead atoms. The number of hydrogen-bond acceptors (Lipinski definition) is 4. The van der Waals surface area contributed by atoms with E-state index >= 15 is 0 Å². The van der Waals surface area contributed by atoms with Crippen molar-refractivity contribution in [1.29, 1.82) is 0 Å². The minimum absolute atomic E-state index is 0.195. The summed E-state index contributed by atoms with van der Waals surface area (Å²) in [5, 5.41) is 6.79. The number of nitrogens with one attached hydrogen (secondary N) is 1. The van der Waals surface area contributed by atoms with E-state index < -0.39 is 0 Å². The maximum Gasteiger partial charge on any atom is 0.123 e. The minimum Gasteiger partial charge on any atom is -0.371 e. The Labute approximate surface area is 157 Å². The first kappa shape index (κ1) is 17.2.